The molecule has 4 heteroatoms. The number of fused-ring (bicyclic) bond motifs is 1. The predicted octanol–water partition coefficient (Wildman–Crippen LogP) is 2.95. The Labute approximate surface area is 120 Å². The minimum Gasteiger partial charge on any atom is -0.389 e. The molecule has 102 valence electrons. The number of nitrogens with zero attached hydrogens (tertiary/aromatic N) is 1. The van der Waals surface area contributed by atoms with Gasteiger partial charge in [0.05, 0.1) is 5.56 Å². The van der Waals surface area contributed by atoms with Gasteiger partial charge in [-0.1, -0.05) is 31.5 Å². The molecular weight excluding hydrogens is 254 g/mol. The van der Waals surface area contributed by atoms with Crippen LogP contribution in [0.3, 0.4) is 0 Å². The summed E-state index contributed by atoms with van der Waals surface area (Å²) in [5.41, 5.74) is 9.36. The second-order valence-corrected chi connectivity index (χ2v) is 6.13. The van der Waals surface area contributed by atoms with Crippen LogP contribution < -0.4 is 11.1 Å². The van der Waals surface area contributed by atoms with Gasteiger partial charge in [0, 0.05) is 11.7 Å². The highest BCUT2D eigenvalue weighted by Crippen LogP contribution is 2.27. The minimum atomic E-state index is 0.459. The molecule has 0 radical (unpaired) electrons. The Balaban J connectivity index is 1.87. The second kappa shape index (κ2) is 5.45. The van der Waals surface area contributed by atoms with Crippen LogP contribution in [0, 0.1) is 0 Å². The van der Waals surface area contributed by atoms with E-state index >= 15 is 0 Å². The van der Waals surface area contributed by atoms with Crippen LogP contribution in [0.4, 0.5) is 5.82 Å². The van der Waals surface area contributed by atoms with Crippen LogP contribution in [0.25, 0.3) is 0 Å². The summed E-state index contributed by atoms with van der Waals surface area (Å²) >= 11 is 5.19. The summed E-state index contributed by atoms with van der Waals surface area (Å²) in [6, 6.07) is 2.69. The fraction of sp³-hybridized carbons (Fsp3) is 0.600. The number of nitrogens with one attached hydrogen (secondary N) is 1. The van der Waals surface area contributed by atoms with E-state index in [-0.39, 0.29) is 0 Å². The molecule has 2 aliphatic rings. The van der Waals surface area contributed by atoms with Gasteiger partial charge in [0.15, 0.2) is 0 Å². The Hall–Kier alpha value is -1.16. The number of pyridine rings is 1. The Morgan fingerprint density at radius 3 is 2.74 bits per heavy atom. The molecular formula is C15H21N3S. The van der Waals surface area contributed by atoms with E-state index in [1.54, 1.807) is 0 Å². The first-order valence-electron chi connectivity index (χ1n) is 7.33. The van der Waals surface area contributed by atoms with E-state index in [0.717, 1.165) is 24.2 Å². The van der Waals surface area contributed by atoms with E-state index < -0.39 is 0 Å². The van der Waals surface area contributed by atoms with Gasteiger partial charge in [0.25, 0.3) is 0 Å². The average Bonchev–Trinajstić information content (AvgIpc) is 2.86. The van der Waals surface area contributed by atoms with Crippen LogP contribution in [-0.2, 0) is 12.8 Å². The molecule has 1 fully saturated rings. The number of anilines is 1. The number of rotatable bonds is 3. The maximum atomic E-state index is 5.87. The van der Waals surface area contributed by atoms with Crippen molar-refractivity contribution in [3.63, 3.8) is 0 Å². The summed E-state index contributed by atoms with van der Waals surface area (Å²) in [6.07, 6.45) is 9.85. The van der Waals surface area contributed by atoms with Crippen molar-refractivity contribution in [3.8, 4) is 0 Å². The van der Waals surface area contributed by atoms with E-state index in [9.17, 15) is 0 Å². The second-order valence-electron chi connectivity index (χ2n) is 5.69. The number of aryl methyl sites for hydroxylation is 2. The van der Waals surface area contributed by atoms with Crippen LogP contribution in [0.1, 0.15) is 55.3 Å². The summed E-state index contributed by atoms with van der Waals surface area (Å²) in [6.45, 7) is 0. The molecule has 0 aliphatic heterocycles. The minimum absolute atomic E-state index is 0.459. The van der Waals surface area contributed by atoms with Crippen molar-refractivity contribution in [1.82, 2.24) is 4.98 Å². The maximum absolute atomic E-state index is 5.87. The third-order valence-electron chi connectivity index (χ3n) is 4.26. The quantitative estimate of drug-likeness (QED) is 0.833. The van der Waals surface area contributed by atoms with Gasteiger partial charge in [0.2, 0.25) is 0 Å². The SMILES string of the molecule is NC(=S)c1cc2c(nc1NC1CCCCC1)CCC2. The Morgan fingerprint density at radius 2 is 2.00 bits per heavy atom. The Morgan fingerprint density at radius 1 is 1.21 bits per heavy atom. The predicted molar refractivity (Wildman–Crippen MR) is 82.6 cm³/mol. The van der Waals surface area contributed by atoms with Gasteiger partial charge in [-0.25, -0.2) is 4.98 Å². The molecule has 3 rings (SSSR count). The third-order valence-corrected chi connectivity index (χ3v) is 4.48. The fourth-order valence-electron chi connectivity index (χ4n) is 3.21. The lowest BCUT2D eigenvalue weighted by molar-refractivity contribution is 0.461. The van der Waals surface area contributed by atoms with Crippen LogP contribution in [0.15, 0.2) is 6.07 Å². The molecule has 0 aromatic carbocycles. The van der Waals surface area contributed by atoms with Crippen LogP contribution in [0.2, 0.25) is 0 Å². The standard InChI is InChI=1S/C15H21N3S/c16-14(19)12-9-10-5-4-8-13(10)18-15(12)17-11-6-2-1-3-7-11/h9,11H,1-8H2,(H2,16,19)(H,17,18). The number of aromatic nitrogens is 1. The third kappa shape index (κ3) is 2.73. The van der Waals surface area contributed by atoms with Crippen molar-refractivity contribution in [2.24, 2.45) is 5.73 Å². The van der Waals surface area contributed by atoms with Gasteiger partial charge in [-0.3, -0.25) is 0 Å². The average molecular weight is 275 g/mol. The normalized spacial score (nSPS) is 19.2. The zero-order valence-corrected chi connectivity index (χ0v) is 12.1. The van der Waals surface area contributed by atoms with E-state index in [2.05, 4.69) is 11.4 Å². The zero-order valence-electron chi connectivity index (χ0n) is 11.2. The van der Waals surface area contributed by atoms with E-state index in [0.29, 0.717) is 11.0 Å². The highest BCUT2D eigenvalue weighted by Gasteiger charge is 2.20. The molecule has 3 N–H and O–H groups in total. The Bertz CT molecular complexity index is 492. The summed E-state index contributed by atoms with van der Waals surface area (Å²) in [5, 5.41) is 3.58. The first kappa shape index (κ1) is 12.9. The molecule has 1 aromatic heterocycles. The molecule has 0 amide bonds. The molecule has 1 heterocycles. The molecule has 0 atom stereocenters. The highest BCUT2D eigenvalue weighted by molar-refractivity contribution is 7.80. The summed E-state index contributed by atoms with van der Waals surface area (Å²) in [4.78, 5) is 5.25. The molecule has 0 unspecified atom stereocenters. The summed E-state index contributed by atoms with van der Waals surface area (Å²) < 4.78 is 0. The monoisotopic (exact) mass is 275 g/mol. The van der Waals surface area contributed by atoms with Gasteiger partial charge in [-0.05, 0) is 43.7 Å². The van der Waals surface area contributed by atoms with Gasteiger partial charge in [0.1, 0.15) is 10.8 Å². The zero-order chi connectivity index (χ0) is 13.2. The number of thiocarbonyl (C=S) groups is 1. The van der Waals surface area contributed by atoms with Crippen molar-refractivity contribution >= 4 is 23.0 Å². The first-order valence-corrected chi connectivity index (χ1v) is 7.74. The molecule has 0 bridgehead atoms. The van der Waals surface area contributed by atoms with Crippen LogP contribution >= 0.6 is 12.2 Å². The van der Waals surface area contributed by atoms with Gasteiger partial charge >= 0.3 is 0 Å². The van der Waals surface area contributed by atoms with Crippen molar-refractivity contribution in [2.75, 3.05) is 5.32 Å². The van der Waals surface area contributed by atoms with Crippen molar-refractivity contribution in [3.05, 3.63) is 22.9 Å². The smallest absolute Gasteiger partial charge is 0.136 e. The Kier molecular flexibility index (Phi) is 3.69. The molecule has 19 heavy (non-hydrogen) atoms. The van der Waals surface area contributed by atoms with Crippen molar-refractivity contribution < 1.29 is 0 Å². The topological polar surface area (TPSA) is 50.9 Å². The first-order chi connectivity index (χ1) is 9.24. The van der Waals surface area contributed by atoms with Gasteiger partial charge in [-0.2, -0.15) is 0 Å². The molecule has 0 saturated heterocycles. The number of hydrogen-bond donors (Lipinski definition) is 2. The van der Waals surface area contributed by atoms with Crippen LogP contribution in [0.5, 0.6) is 0 Å². The van der Waals surface area contributed by atoms with Crippen molar-refractivity contribution in [1.29, 1.82) is 0 Å². The largest absolute Gasteiger partial charge is 0.389 e. The van der Waals surface area contributed by atoms with E-state index in [4.69, 9.17) is 22.9 Å². The number of hydrogen-bond acceptors (Lipinski definition) is 3. The van der Waals surface area contributed by atoms with Crippen molar-refractivity contribution in [2.45, 2.75) is 57.4 Å². The van der Waals surface area contributed by atoms with E-state index in [1.165, 1.54) is 49.8 Å². The number of nitrogens with two attached hydrogens (primary N) is 1. The highest BCUT2D eigenvalue weighted by atomic mass is 32.1. The van der Waals surface area contributed by atoms with Crippen LogP contribution in [-0.4, -0.2) is 16.0 Å². The molecule has 1 saturated carbocycles. The lowest BCUT2D eigenvalue weighted by Crippen LogP contribution is -2.25. The lowest BCUT2D eigenvalue weighted by atomic mass is 9.95. The van der Waals surface area contributed by atoms with Gasteiger partial charge < -0.3 is 11.1 Å². The molecule has 3 nitrogen and oxygen atoms in total. The fourth-order valence-corrected chi connectivity index (χ4v) is 3.37. The molecule has 0 spiro atoms. The summed E-state index contributed by atoms with van der Waals surface area (Å²) in [5.74, 6) is 0.917. The summed E-state index contributed by atoms with van der Waals surface area (Å²) in [7, 11) is 0. The van der Waals surface area contributed by atoms with Gasteiger partial charge in [-0.15, -0.1) is 0 Å². The molecule has 1 aromatic rings. The maximum Gasteiger partial charge on any atom is 0.136 e. The molecule has 2 aliphatic carbocycles. The van der Waals surface area contributed by atoms with E-state index in [1.807, 2.05) is 0 Å². The lowest BCUT2D eigenvalue weighted by Gasteiger charge is -2.24.